The number of carbonyl (C=O) groups excluding carboxylic acids is 1. The third-order valence-electron chi connectivity index (χ3n) is 12.9. The molecule has 0 aliphatic carbocycles. The lowest BCUT2D eigenvalue weighted by atomic mass is 9.80. The standard InChI is InChI=1S/C53H66N7O8PSi/c1-36(2)60(37(3)4)69(65-32-18-31-54)67-46-44(33-64-53(39-21-16-13-17-22-39,40-23-27-42(62-8)28-24-40)41-25-29-43(63-9)30-26-41)66-51(47(46)68-70(10,11)52(5,6)7)59-35-57-45-48(55-34-56-49(45)59)58-50(61)38-19-14-12-15-20-38/h12-17,19-30,34-37,44,46-47,51H,18,32-33H2,1-11H3,(H,55,56,58,61)/t44-,46-,47-,51-,69?/m1/s1/i33+1,44+1,46+1,47+1,51+1,58+1. The van der Waals surface area contributed by atoms with Gasteiger partial charge < -0.3 is 37.7 Å². The van der Waals surface area contributed by atoms with Crippen LogP contribution in [0.5, 0.6) is 11.5 Å². The molecule has 5 atom stereocenters. The number of imidazole rings is 1. The summed E-state index contributed by atoms with van der Waals surface area (Å²) in [5.41, 5.74) is 2.64. The molecule has 1 aliphatic heterocycles. The number of methoxy groups -OCH3 is 2. The molecule has 3 heterocycles. The van der Waals surface area contributed by atoms with E-state index in [9.17, 15) is 10.1 Å². The first-order valence-electron chi connectivity index (χ1n) is 23.6. The zero-order chi connectivity index (χ0) is 50.2. The third-order valence-corrected chi connectivity index (χ3v) is 19.5. The van der Waals surface area contributed by atoms with Crippen LogP contribution in [-0.2, 0) is 28.5 Å². The van der Waals surface area contributed by atoms with Crippen LogP contribution in [0.2, 0.25) is 18.1 Å². The summed E-state index contributed by atoms with van der Waals surface area (Å²) in [7, 11) is -1.19. The lowest BCUT2D eigenvalue weighted by Gasteiger charge is -2.42. The number of nitrogens with zero attached hydrogens (tertiary/aromatic N) is 6. The van der Waals surface area contributed by atoms with Gasteiger partial charge in [0.1, 0.15) is 41.7 Å². The maximum atomic E-state index is 13.5. The van der Waals surface area contributed by atoms with Crippen LogP contribution in [0.3, 0.4) is 0 Å². The van der Waals surface area contributed by atoms with Crippen molar-refractivity contribution in [3.63, 3.8) is 0 Å². The van der Waals surface area contributed by atoms with E-state index in [0.29, 0.717) is 28.2 Å². The van der Waals surface area contributed by atoms with Gasteiger partial charge >= 0.3 is 0 Å². The molecule has 0 spiro atoms. The first-order chi connectivity index (χ1) is 33.5. The fourth-order valence-electron chi connectivity index (χ4n) is 8.41. The monoisotopic (exact) mass is 993 g/mol. The van der Waals surface area contributed by atoms with Gasteiger partial charge in [-0.15, -0.1) is 0 Å². The van der Waals surface area contributed by atoms with E-state index < -0.39 is 47.0 Å². The fourth-order valence-corrected chi connectivity index (χ4v) is 11.5. The molecule has 0 bridgehead atoms. The molecule has 2 aromatic heterocycles. The smallest absolute Gasteiger partial charge is 0.259 e. The van der Waals surface area contributed by atoms with Crippen molar-refractivity contribution in [2.24, 2.45) is 0 Å². The second-order valence-electron chi connectivity index (χ2n) is 19.2. The van der Waals surface area contributed by atoms with Crippen molar-refractivity contribution in [1.82, 2.24) is 24.2 Å². The molecular weight excluding hydrogens is 928 g/mol. The molecule has 370 valence electrons. The van der Waals surface area contributed by atoms with Crippen molar-refractivity contribution in [3.05, 3.63) is 144 Å². The molecule has 1 saturated heterocycles. The minimum absolute atomic E-state index is 0.00377. The summed E-state index contributed by atoms with van der Waals surface area (Å²) in [5, 5.41) is 12.4. The van der Waals surface area contributed by atoms with Gasteiger partial charge in [0.05, 0.1) is 46.3 Å². The van der Waals surface area contributed by atoms with E-state index >= 15 is 0 Å². The summed E-state index contributed by atoms with van der Waals surface area (Å²) >= 11 is 0. The molecule has 1 aliphatic rings. The Labute approximate surface area is 414 Å². The number of hydrogen-bond donors (Lipinski definition) is 1. The summed E-state index contributed by atoms with van der Waals surface area (Å²) in [4.78, 5) is 27.5. The number of ether oxygens (including phenoxy) is 4. The number of amides is 1. The van der Waals surface area contributed by atoms with E-state index in [4.69, 9.17) is 42.4 Å². The van der Waals surface area contributed by atoms with Gasteiger partial charge in [-0.2, -0.15) is 5.26 Å². The number of nitriles is 1. The lowest BCUT2D eigenvalue weighted by molar-refractivity contribution is -0.0926. The Morgan fingerprint density at radius 3 is 1.94 bits per heavy atom. The molecule has 1 amide bonds. The van der Waals surface area contributed by atoms with Crippen LogP contribution in [0.4, 0.5) is 5.82 Å². The molecule has 1 N–H and O–H groups in total. The number of fused-ring (bicyclic) bond motifs is 1. The second-order valence-corrected chi connectivity index (χ2v) is 25.4. The van der Waals surface area contributed by atoms with Gasteiger partial charge in [0.2, 0.25) is 0 Å². The summed E-state index contributed by atoms with van der Waals surface area (Å²) < 4.78 is 51.8. The number of nitrogens with one attached hydrogen (secondary N) is 1. The van der Waals surface area contributed by atoms with Crippen LogP contribution in [0, 0.1) is 11.3 Å². The number of anilines is 1. The van der Waals surface area contributed by atoms with E-state index in [-0.39, 0.29) is 48.5 Å². The van der Waals surface area contributed by atoms with Crippen LogP contribution in [0.25, 0.3) is 11.2 Å². The maximum Gasteiger partial charge on any atom is 0.259 e. The molecule has 6 aromatic rings. The van der Waals surface area contributed by atoms with E-state index in [2.05, 4.69) is 94.7 Å². The molecule has 17 heteroatoms. The van der Waals surface area contributed by atoms with E-state index in [0.717, 1.165) is 16.7 Å². The Balaban J connectivity index is 1.41. The minimum Gasteiger partial charge on any atom is -0.497 e. The fraction of sp³-hybridized carbons (Fsp3) is 0.415. The van der Waals surface area contributed by atoms with E-state index in [1.165, 1.54) is 6.33 Å². The highest BCUT2D eigenvalue weighted by Gasteiger charge is 2.54. The first-order valence-corrected chi connectivity index (χ1v) is 27.7. The van der Waals surface area contributed by atoms with Gasteiger partial charge in [0, 0.05) is 17.6 Å². The molecule has 0 saturated carbocycles. The van der Waals surface area contributed by atoms with Crippen molar-refractivity contribution in [2.45, 2.75) is 115 Å². The van der Waals surface area contributed by atoms with Gasteiger partial charge in [-0.3, -0.25) is 9.36 Å². The Morgan fingerprint density at radius 2 is 1.40 bits per heavy atom. The van der Waals surface area contributed by atoms with E-state index in [1.807, 2.05) is 77.4 Å². The summed E-state index contributed by atoms with van der Waals surface area (Å²) in [6, 6.07) is 37.0. The van der Waals surface area contributed by atoms with Gasteiger partial charge in [-0.1, -0.05) is 93.6 Å². The highest BCUT2D eigenvalue weighted by molar-refractivity contribution is 7.44. The predicted octanol–water partition coefficient (Wildman–Crippen LogP) is 11.1. The maximum absolute atomic E-state index is 13.5. The van der Waals surface area contributed by atoms with Crippen molar-refractivity contribution >= 4 is 39.7 Å². The summed E-state index contributed by atoms with van der Waals surface area (Å²) in [5.74, 6) is 1.31. The quantitative estimate of drug-likeness (QED) is 0.0181. The Morgan fingerprint density at radius 1 is 0.829 bits per heavy atom. The SMILES string of the molecule is COc1ccc(C(O[13CH2][13C@H]2O[13C@@H](n3cnc4c([15NH]C(=O)c5ccccc5)ncnc43)[13C@H](O[Si](C)(C)C(C)(C)C)[13C@@H]2OP(OCCC#N)N(C(C)C)C(C)C)(c2ccccc2)c2ccc(OC)cc2)cc1. The topological polar surface area (TPSA) is 164 Å². The van der Waals surface area contributed by atoms with Gasteiger partial charge in [0.15, 0.2) is 31.5 Å². The number of carbonyl (C=O) groups is 1. The van der Waals surface area contributed by atoms with Crippen LogP contribution in [0.1, 0.15) is 88.2 Å². The first kappa shape index (κ1) is 52.2. The van der Waals surface area contributed by atoms with Crippen molar-refractivity contribution < 1.29 is 37.2 Å². The molecular formula is C53H66N7O8PSi. The van der Waals surface area contributed by atoms with Crippen LogP contribution in [0.15, 0.2) is 122 Å². The number of aromatic nitrogens is 4. The van der Waals surface area contributed by atoms with E-state index in [1.54, 1.807) is 44.8 Å². The summed E-state index contributed by atoms with van der Waals surface area (Å²) in [6.45, 7) is 19.6. The molecule has 4 aromatic carbocycles. The molecule has 70 heavy (non-hydrogen) atoms. The molecule has 7 rings (SSSR count). The average Bonchev–Trinajstić information content (AvgIpc) is 3.93. The minimum atomic E-state index is -2.66. The summed E-state index contributed by atoms with van der Waals surface area (Å²) in [6.07, 6.45) is -0.0410. The zero-order valence-electron chi connectivity index (χ0n) is 42.0. The molecule has 0 radical (unpaired) electrons. The number of rotatable bonds is 21. The van der Waals surface area contributed by atoms with Crippen molar-refractivity contribution in [2.75, 3.05) is 32.8 Å². The highest BCUT2D eigenvalue weighted by atomic mass is 31.2. The molecule has 1 fully saturated rings. The van der Waals surface area contributed by atoms with Crippen molar-refractivity contribution in [1.29, 1.82) is 5.26 Å². The third kappa shape index (κ3) is 11.3. The van der Waals surface area contributed by atoms with Gasteiger partial charge in [-0.25, -0.2) is 19.6 Å². The number of benzene rings is 4. The Kier molecular flexibility index (Phi) is 16.9. The van der Waals surface area contributed by atoms with Gasteiger partial charge in [0.25, 0.3) is 14.4 Å². The zero-order valence-corrected chi connectivity index (χ0v) is 43.9. The van der Waals surface area contributed by atoms with Gasteiger partial charge in [-0.05, 0) is 98.9 Å². The van der Waals surface area contributed by atoms with Crippen molar-refractivity contribution in [3.8, 4) is 17.6 Å². The largest absolute Gasteiger partial charge is 0.497 e. The van der Waals surface area contributed by atoms with Crippen LogP contribution >= 0.6 is 8.53 Å². The highest BCUT2D eigenvalue weighted by Crippen LogP contribution is 2.53. The normalized spacial score (nSPS) is 18.1. The molecule has 15 nitrogen and oxygen atoms in total. The average molecular weight is 994 g/mol. The Hall–Kier alpha value is -5.60. The predicted molar refractivity (Wildman–Crippen MR) is 274 cm³/mol. The second kappa shape index (κ2) is 22.6. The molecule has 1 unspecified atom stereocenters. The van der Waals surface area contributed by atoms with Crippen LogP contribution in [-0.4, -0.2) is 96.2 Å². The number of hydrogen-bond acceptors (Lipinski definition) is 13. The lowest BCUT2D eigenvalue weighted by Crippen LogP contribution is -2.50. The van der Waals surface area contributed by atoms with Crippen LogP contribution < -0.4 is 14.8 Å². The Bertz CT molecular complexity index is 2620.